The van der Waals surface area contributed by atoms with Crippen LogP contribution in [0.2, 0.25) is 0 Å². The predicted molar refractivity (Wildman–Crippen MR) is 72.5 cm³/mol. The van der Waals surface area contributed by atoms with Crippen molar-refractivity contribution in [3.63, 3.8) is 0 Å². The molecular formula is C12H20N4O3. The van der Waals surface area contributed by atoms with Gasteiger partial charge in [-0.25, -0.2) is 9.97 Å². The minimum atomic E-state index is -0.821. The molecule has 0 bridgehead atoms. The highest BCUT2D eigenvalue weighted by atomic mass is 16.5. The standard InChI is InChI=1S/C12H20N4O3/c1-16(6-4-12(17)18)11-8-10(14-9-15-11)13-5-3-7-19-2/h8-9H,3-7H2,1-2H3,(H,17,18)(H,13,14,15). The van der Waals surface area contributed by atoms with Crippen LogP contribution in [0.3, 0.4) is 0 Å². The third kappa shape index (κ3) is 6.01. The maximum Gasteiger partial charge on any atom is 0.305 e. The minimum absolute atomic E-state index is 0.0805. The molecule has 0 aliphatic carbocycles. The van der Waals surface area contributed by atoms with Crippen molar-refractivity contribution in [2.45, 2.75) is 12.8 Å². The van der Waals surface area contributed by atoms with Crippen LogP contribution in [0.25, 0.3) is 0 Å². The van der Waals surface area contributed by atoms with E-state index in [1.165, 1.54) is 6.33 Å². The van der Waals surface area contributed by atoms with Gasteiger partial charge in [0.25, 0.3) is 0 Å². The van der Waals surface area contributed by atoms with Crippen LogP contribution in [-0.4, -0.2) is 54.9 Å². The molecule has 19 heavy (non-hydrogen) atoms. The molecule has 0 saturated heterocycles. The average Bonchev–Trinajstić information content (AvgIpc) is 2.41. The number of carboxylic acid groups (broad SMARTS) is 1. The van der Waals surface area contributed by atoms with E-state index in [9.17, 15) is 4.79 Å². The van der Waals surface area contributed by atoms with Crippen LogP contribution in [-0.2, 0) is 9.53 Å². The molecule has 0 amide bonds. The van der Waals surface area contributed by atoms with E-state index in [0.717, 1.165) is 18.8 Å². The monoisotopic (exact) mass is 268 g/mol. The molecule has 1 heterocycles. The van der Waals surface area contributed by atoms with Gasteiger partial charge < -0.3 is 20.1 Å². The second-order valence-electron chi connectivity index (χ2n) is 4.10. The summed E-state index contributed by atoms with van der Waals surface area (Å²) in [6.45, 7) is 1.88. The summed E-state index contributed by atoms with van der Waals surface area (Å²) in [7, 11) is 3.47. The summed E-state index contributed by atoms with van der Waals surface area (Å²) < 4.78 is 4.96. The first-order chi connectivity index (χ1) is 9.13. The number of nitrogens with one attached hydrogen (secondary N) is 1. The smallest absolute Gasteiger partial charge is 0.305 e. The second-order valence-corrected chi connectivity index (χ2v) is 4.10. The number of ether oxygens (including phenoxy) is 1. The fraction of sp³-hybridized carbons (Fsp3) is 0.583. The van der Waals surface area contributed by atoms with E-state index in [2.05, 4.69) is 15.3 Å². The number of hydrogen-bond donors (Lipinski definition) is 2. The van der Waals surface area contributed by atoms with Crippen molar-refractivity contribution in [3.05, 3.63) is 12.4 Å². The molecule has 7 heteroatoms. The Hall–Kier alpha value is -1.89. The summed E-state index contributed by atoms with van der Waals surface area (Å²) in [6, 6.07) is 1.80. The summed E-state index contributed by atoms with van der Waals surface area (Å²) in [5.74, 6) is 0.604. The molecule has 0 fully saturated rings. The topological polar surface area (TPSA) is 87.6 Å². The molecule has 0 unspecified atom stereocenters. The zero-order valence-electron chi connectivity index (χ0n) is 11.3. The third-order valence-corrected chi connectivity index (χ3v) is 2.54. The van der Waals surface area contributed by atoms with E-state index >= 15 is 0 Å². The van der Waals surface area contributed by atoms with Crippen molar-refractivity contribution in [2.75, 3.05) is 44.1 Å². The van der Waals surface area contributed by atoms with Crippen LogP contribution in [0.15, 0.2) is 12.4 Å². The Labute approximate surface area is 112 Å². The Kier molecular flexibility index (Phi) is 6.59. The van der Waals surface area contributed by atoms with Crippen molar-refractivity contribution in [2.24, 2.45) is 0 Å². The molecular weight excluding hydrogens is 248 g/mol. The Morgan fingerprint density at radius 1 is 1.53 bits per heavy atom. The normalized spacial score (nSPS) is 10.2. The van der Waals surface area contributed by atoms with Crippen molar-refractivity contribution in [1.82, 2.24) is 9.97 Å². The molecule has 0 aliphatic rings. The van der Waals surface area contributed by atoms with Crippen LogP contribution in [0.5, 0.6) is 0 Å². The van der Waals surface area contributed by atoms with Crippen LogP contribution in [0.1, 0.15) is 12.8 Å². The van der Waals surface area contributed by atoms with Gasteiger partial charge in [0.1, 0.15) is 18.0 Å². The van der Waals surface area contributed by atoms with E-state index in [1.807, 2.05) is 0 Å². The van der Waals surface area contributed by atoms with Crippen LogP contribution in [0, 0.1) is 0 Å². The fourth-order valence-electron chi connectivity index (χ4n) is 1.46. The van der Waals surface area contributed by atoms with Crippen molar-refractivity contribution < 1.29 is 14.6 Å². The number of nitrogens with zero attached hydrogens (tertiary/aromatic N) is 3. The lowest BCUT2D eigenvalue weighted by Gasteiger charge is -2.17. The lowest BCUT2D eigenvalue weighted by Crippen LogP contribution is -2.22. The molecule has 0 atom stereocenters. The van der Waals surface area contributed by atoms with E-state index in [0.29, 0.717) is 19.0 Å². The van der Waals surface area contributed by atoms with Gasteiger partial charge >= 0.3 is 5.97 Å². The molecule has 0 spiro atoms. The summed E-state index contributed by atoms with van der Waals surface area (Å²) in [6.07, 6.45) is 2.44. The third-order valence-electron chi connectivity index (χ3n) is 2.54. The van der Waals surface area contributed by atoms with E-state index in [1.54, 1.807) is 25.1 Å². The minimum Gasteiger partial charge on any atom is -0.481 e. The Morgan fingerprint density at radius 2 is 2.32 bits per heavy atom. The number of aromatic nitrogens is 2. The van der Waals surface area contributed by atoms with Gasteiger partial charge in [0.05, 0.1) is 6.42 Å². The lowest BCUT2D eigenvalue weighted by atomic mass is 10.4. The largest absolute Gasteiger partial charge is 0.481 e. The molecule has 0 aliphatic heterocycles. The molecule has 1 aromatic heterocycles. The summed E-state index contributed by atoms with van der Waals surface area (Å²) >= 11 is 0. The fourth-order valence-corrected chi connectivity index (χ4v) is 1.46. The van der Waals surface area contributed by atoms with Gasteiger partial charge in [0.2, 0.25) is 0 Å². The molecule has 2 N–H and O–H groups in total. The zero-order valence-corrected chi connectivity index (χ0v) is 11.3. The van der Waals surface area contributed by atoms with Crippen molar-refractivity contribution >= 4 is 17.6 Å². The first kappa shape index (κ1) is 15.2. The lowest BCUT2D eigenvalue weighted by molar-refractivity contribution is -0.136. The number of carbonyl (C=O) groups is 1. The summed E-state index contributed by atoms with van der Waals surface area (Å²) in [4.78, 5) is 20.5. The van der Waals surface area contributed by atoms with Gasteiger partial charge in [-0.2, -0.15) is 0 Å². The number of carboxylic acids is 1. The van der Waals surface area contributed by atoms with E-state index in [4.69, 9.17) is 9.84 Å². The summed E-state index contributed by atoms with van der Waals surface area (Å²) in [5, 5.41) is 11.8. The molecule has 0 radical (unpaired) electrons. The Bertz CT molecular complexity index is 400. The van der Waals surface area contributed by atoms with Gasteiger partial charge in [-0.05, 0) is 6.42 Å². The number of hydrogen-bond acceptors (Lipinski definition) is 6. The highest BCUT2D eigenvalue weighted by Crippen LogP contribution is 2.12. The Morgan fingerprint density at radius 3 is 3.00 bits per heavy atom. The van der Waals surface area contributed by atoms with Crippen molar-refractivity contribution in [1.29, 1.82) is 0 Å². The highest BCUT2D eigenvalue weighted by molar-refractivity contribution is 5.67. The van der Waals surface area contributed by atoms with E-state index < -0.39 is 5.97 Å². The van der Waals surface area contributed by atoms with Crippen molar-refractivity contribution in [3.8, 4) is 0 Å². The van der Waals surface area contributed by atoms with Crippen LogP contribution < -0.4 is 10.2 Å². The SMILES string of the molecule is COCCCNc1cc(N(C)CCC(=O)O)ncn1. The maximum atomic E-state index is 10.5. The molecule has 106 valence electrons. The van der Waals surface area contributed by atoms with Gasteiger partial charge in [-0.3, -0.25) is 4.79 Å². The number of methoxy groups -OCH3 is 1. The highest BCUT2D eigenvalue weighted by Gasteiger charge is 2.06. The predicted octanol–water partition coefficient (Wildman–Crippen LogP) is 0.836. The van der Waals surface area contributed by atoms with E-state index in [-0.39, 0.29) is 6.42 Å². The number of aliphatic carboxylic acids is 1. The Balaban J connectivity index is 2.48. The molecule has 1 aromatic rings. The zero-order chi connectivity index (χ0) is 14.1. The molecule has 0 aromatic carbocycles. The first-order valence-electron chi connectivity index (χ1n) is 6.11. The van der Waals surface area contributed by atoms with Crippen LogP contribution in [0.4, 0.5) is 11.6 Å². The van der Waals surface area contributed by atoms with Crippen LogP contribution >= 0.6 is 0 Å². The molecule has 1 rings (SSSR count). The number of anilines is 2. The van der Waals surface area contributed by atoms with Gasteiger partial charge in [-0.15, -0.1) is 0 Å². The number of rotatable bonds is 9. The molecule has 0 saturated carbocycles. The first-order valence-corrected chi connectivity index (χ1v) is 6.11. The average molecular weight is 268 g/mol. The quantitative estimate of drug-likeness (QED) is 0.641. The second kappa shape index (κ2) is 8.25. The van der Waals surface area contributed by atoms with Gasteiger partial charge in [-0.1, -0.05) is 0 Å². The maximum absolute atomic E-state index is 10.5. The molecule has 7 nitrogen and oxygen atoms in total. The summed E-state index contributed by atoms with van der Waals surface area (Å²) in [5.41, 5.74) is 0. The van der Waals surface area contributed by atoms with Gasteiger partial charge in [0, 0.05) is 39.9 Å². The van der Waals surface area contributed by atoms with Gasteiger partial charge in [0.15, 0.2) is 0 Å².